The van der Waals surface area contributed by atoms with Crippen molar-refractivity contribution in [2.45, 2.75) is 62.5 Å². The number of halogens is 3. The summed E-state index contributed by atoms with van der Waals surface area (Å²) >= 11 is 0. The molecule has 2 aromatic rings. The molecule has 210 valence electrons. The maximum absolute atomic E-state index is 14.2. The van der Waals surface area contributed by atoms with Gasteiger partial charge in [0, 0.05) is 18.1 Å². The Labute approximate surface area is 221 Å². The van der Waals surface area contributed by atoms with Crippen LogP contribution in [-0.4, -0.2) is 48.5 Å². The number of nitriles is 1. The zero-order valence-corrected chi connectivity index (χ0v) is 22.0. The van der Waals surface area contributed by atoms with Crippen molar-refractivity contribution in [1.29, 1.82) is 5.26 Å². The summed E-state index contributed by atoms with van der Waals surface area (Å²) in [7, 11) is -4.79. The van der Waals surface area contributed by atoms with E-state index < -0.39 is 79.3 Å². The number of carbonyl (C=O) groups is 2. The molecule has 5 atom stereocenters. The van der Waals surface area contributed by atoms with Gasteiger partial charge in [-0.05, 0) is 57.7 Å². The van der Waals surface area contributed by atoms with Crippen molar-refractivity contribution in [3.8, 4) is 17.2 Å². The first-order valence-corrected chi connectivity index (χ1v) is 13.6. The molecule has 0 saturated heterocycles. The van der Waals surface area contributed by atoms with Crippen LogP contribution in [-0.2, 0) is 30.3 Å². The first-order chi connectivity index (χ1) is 18.1. The lowest BCUT2D eigenvalue weighted by Crippen LogP contribution is -2.45. The van der Waals surface area contributed by atoms with Crippen molar-refractivity contribution in [3.63, 3.8) is 0 Å². The summed E-state index contributed by atoms with van der Waals surface area (Å²) < 4.78 is 80.9. The number of benzene rings is 1. The van der Waals surface area contributed by atoms with E-state index in [2.05, 4.69) is 5.16 Å². The zero-order valence-electron chi connectivity index (χ0n) is 21.2. The molecule has 39 heavy (non-hydrogen) atoms. The van der Waals surface area contributed by atoms with Gasteiger partial charge in [-0.1, -0.05) is 11.2 Å². The lowest BCUT2D eigenvalue weighted by molar-refractivity contribution is -0.160. The van der Waals surface area contributed by atoms with Gasteiger partial charge in [0.15, 0.2) is 9.84 Å². The van der Waals surface area contributed by atoms with E-state index in [4.69, 9.17) is 15.0 Å². The van der Waals surface area contributed by atoms with Crippen molar-refractivity contribution in [2.75, 3.05) is 6.61 Å². The van der Waals surface area contributed by atoms with E-state index in [1.54, 1.807) is 13.0 Å². The van der Waals surface area contributed by atoms with Gasteiger partial charge in [0.25, 0.3) is 0 Å². The third-order valence-electron chi connectivity index (χ3n) is 7.96. The minimum Gasteiger partial charge on any atom is -0.481 e. The Morgan fingerprint density at radius 1 is 1.31 bits per heavy atom. The summed E-state index contributed by atoms with van der Waals surface area (Å²) in [5, 5.41) is 22.0. The molecule has 0 aliphatic heterocycles. The summed E-state index contributed by atoms with van der Waals surface area (Å²) in [6.07, 6.45) is -7.67. The fourth-order valence-corrected chi connectivity index (χ4v) is 8.02. The number of carbonyl (C=O) groups excluding carboxylic acids is 1. The van der Waals surface area contributed by atoms with E-state index in [9.17, 15) is 41.5 Å². The minimum absolute atomic E-state index is 0.0325. The molecule has 2 aliphatic rings. The normalized spacial score (nSPS) is 28.7. The fourth-order valence-electron chi connectivity index (χ4n) is 6.00. The molecule has 2 aliphatic carbocycles. The first kappa shape index (κ1) is 28.6. The van der Waals surface area contributed by atoms with Crippen LogP contribution in [0.3, 0.4) is 0 Å². The number of hydrogen-bond donors (Lipinski definition) is 2. The van der Waals surface area contributed by atoms with Crippen LogP contribution < -0.4 is 5.73 Å². The lowest BCUT2D eigenvalue weighted by atomic mass is 9.75. The standard InChI is InChI=1S/C25H26F3N3O7S/c1-4-37-19-8-15(9-24(19,22(33)34)18-10-23(18,11-29)21(30)32)39(35,36)17-6-5-14(7-16(17)25(26,27)28)20-12(2)31-38-13(20)3/h5-7,15,18-19H,4,8-10H2,1-3H3,(H2,30,32)(H,33,34)/t15-,18?,19+,23?,24+/m0/s1. The molecule has 0 radical (unpaired) electrons. The quantitative estimate of drug-likeness (QED) is 0.483. The largest absolute Gasteiger partial charge is 0.481 e. The van der Waals surface area contributed by atoms with Crippen LogP contribution in [0.15, 0.2) is 27.6 Å². The highest BCUT2D eigenvalue weighted by Crippen LogP contribution is 2.67. The number of primary amides is 1. The molecule has 1 aromatic carbocycles. The first-order valence-electron chi connectivity index (χ1n) is 12.0. The predicted molar refractivity (Wildman–Crippen MR) is 127 cm³/mol. The SMILES string of the molecule is CCO[C@@H]1C[C@H](S(=O)(=O)c2ccc(-c3c(C)noc3C)cc2C(F)(F)F)C[C@@]1(C(=O)O)C1CC1(C#N)C(N)=O. The van der Waals surface area contributed by atoms with Gasteiger partial charge in [-0.25, -0.2) is 8.42 Å². The number of carboxylic acid groups (broad SMARTS) is 1. The Morgan fingerprint density at radius 3 is 2.44 bits per heavy atom. The molecule has 3 N–H and O–H groups in total. The molecule has 2 saturated carbocycles. The van der Waals surface area contributed by atoms with E-state index in [0.717, 1.165) is 6.07 Å². The maximum atomic E-state index is 14.2. The number of aromatic nitrogens is 1. The van der Waals surface area contributed by atoms with Crippen LogP contribution >= 0.6 is 0 Å². The number of amides is 1. The topological polar surface area (TPSA) is 174 Å². The third kappa shape index (κ3) is 4.28. The van der Waals surface area contributed by atoms with Gasteiger partial charge < -0.3 is 20.1 Å². The van der Waals surface area contributed by atoms with E-state index in [1.165, 1.54) is 19.9 Å². The van der Waals surface area contributed by atoms with Crippen molar-refractivity contribution in [1.82, 2.24) is 5.16 Å². The Hall–Kier alpha value is -3.44. The van der Waals surface area contributed by atoms with Crippen LogP contribution in [0, 0.1) is 41.9 Å². The van der Waals surface area contributed by atoms with E-state index in [1.807, 2.05) is 0 Å². The maximum Gasteiger partial charge on any atom is 0.417 e. The summed E-state index contributed by atoms with van der Waals surface area (Å²) in [4.78, 5) is 23.7. The highest BCUT2D eigenvalue weighted by atomic mass is 32.2. The molecular formula is C25H26F3N3O7S. The molecule has 1 amide bonds. The highest BCUT2D eigenvalue weighted by molar-refractivity contribution is 7.92. The van der Waals surface area contributed by atoms with Crippen LogP contribution in [0.5, 0.6) is 0 Å². The van der Waals surface area contributed by atoms with Gasteiger partial charge in [-0.3, -0.25) is 9.59 Å². The van der Waals surface area contributed by atoms with Crippen LogP contribution in [0.2, 0.25) is 0 Å². The number of aliphatic carboxylic acids is 1. The number of aryl methyl sites for hydroxylation is 2. The Kier molecular flexibility index (Phi) is 6.84. The molecule has 1 aromatic heterocycles. The molecule has 10 nitrogen and oxygen atoms in total. The monoisotopic (exact) mass is 569 g/mol. The number of nitrogens with two attached hydrogens (primary N) is 1. The highest BCUT2D eigenvalue weighted by Gasteiger charge is 2.75. The summed E-state index contributed by atoms with van der Waals surface area (Å²) in [5.41, 5.74) is 0.769. The number of alkyl halides is 3. The number of hydrogen-bond acceptors (Lipinski definition) is 8. The van der Waals surface area contributed by atoms with E-state index in [-0.39, 0.29) is 24.4 Å². The average Bonchev–Trinajstić information content (AvgIpc) is 3.35. The number of sulfone groups is 1. The molecule has 0 spiro atoms. The van der Waals surface area contributed by atoms with Crippen LogP contribution in [0.25, 0.3) is 11.1 Å². The average molecular weight is 570 g/mol. The Morgan fingerprint density at radius 2 is 1.97 bits per heavy atom. The fraction of sp³-hybridized carbons (Fsp3) is 0.520. The number of nitrogens with zero attached hydrogens (tertiary/aromatic N) is 2. The molecule has 1 heterocycles. The number of ether oxygens (including phenoxy) is 1. The van der Waals surface area contributed by atoms with Gasteiger partial charge in [0.1, 0.15) is 16.6 Å². The van der Waals surface area contributed by atoms with Crippen molar-refractivity contribution in [3.05, 3.63) is 35.2 Å². The van der Waals surface area contributed by atoms with Gasteiger partial charge in [0.05, 0.1) is 33.6 Å². The molecule has 4 rings (SSSR count). The smallest absolute Gasteiger partial charge is 0.417 e. The Balaban J connectivity index is 1.82. The molecule has 0 bridgehead atoms. The lowest BCUT2D eigenvalue weighted by Gasteiger charge is -2.32. The van der Waals surface area contributed by atoms with Crippen molar-refractivity contribution >= 4 is 21.7 Å². The van der Waals surface area contributed by atoms with Gasteiger partial charge >= 0.3 is 12.1 Å². The molecule has 2 unspecified atom stereocenters. The molecule has 14 heteroatoms. The van der Waals surface area contributed by atoms with Crippen molar-refractivity contribution in [2.24, 2.45) is 22.5 Å². The summed E-state index contributed by atoms with van der Waals surface area (Å²) in [6, 6.07) is 4.52. The second-order valence-corrected chi connectivity index (χ2v) is 12.2. The summed E-state index contributed by atoms with van der Waals surface area (Å²) in [6.45, 7) is 4.56. The van der Waals surface area contributed by atoms with Gasteiger partial charge in [0.2, 0.25) is 5.91 Å². The zero-order chi connectivity index (χ0) is 29.1. The number of carboxylic acids is 1. The third-order valence-corrected chi connectivity index (χ3v) is 10.2. The molecule has 2 fully saturated rings. The molecular weight excluding hydrogens is 543 g/mol. The van der Waals surface area contributed by atoms with Crippen LogP contribution in [0.1, 0.15) is 43.2 Å². The second kappa shape index (κ2) is 9.34. The predicted octanol–water partition coefficient (Wildman–Crippen LogP) is 3.40. The second-order valence-electron chi connectivity index (χ2n) is 10.0. The minimum atomic E-state index is -5.07. The van der Waals surface area contributed by atoms with Crippen molar-refractivity contribution < 1.29 is 45.5 Å². The van der Waals surface area contributed by atoms with E-state index in [0.29, 0.717) is 17.3 Å². The van der Waals surface area contributed by atoms with Gasteiger partial charge in [-0.15, -0.1) is 0 Å². The van der Waals surface area contributed by atoms with Crippen LogP contribution in [0.4, 0.5) is 13.2 Å². The Bertz CT molecular complexity index is 1480. The summed E-state index contributed by atoms with van der Waals surface area (Å²) in [5.74, 6) is -3.47. The van der Waals surface area contributed by atoms with E-state index >= 15 is 0 Å². The van der Waals surface area contributed by atoms with Gasteiger partial charge in [-0.2, -0.15) is 18.4 Å². The number of rotatable bonds is 8.